The number of hydrogen-bond acceptors (Lipinski definition) is 2. The Labute approximate surface area is 186 Å². The van der Waals surface area contributed by atoms with Gasteiger partial charge in [0.25, 0.3) is 0 Å². The van der Waals surface area contributed by atoms with Crippen LogP contribution in [0, 0.1) is 18.9 Å². The van der Waals surface area contributed by atoms with Crippen LogP contribution in [0.25, 0.3) is 22.0 Å². The van der Waals surface area contributed by atoms with Crippen molar-refractivity contribution in [1.82, 2.24) is 5.10 Å². The number of aromatic nitrogens is 2. The third kappa shape index (κ3) is 4.52. The van der Waals surface area contributed by atoms with Crippen molar-refractivity contribution < 1.29 is 37.4 Å². The van der Waals surface area contributed by atoms with Crippen LogP contribution in [0.4, 0.5) is 5.69 Å². The Morgan fingerprint density at radius 1 is 1.11 bits per heavy atom. The molecule has 0 saturated heterocycles. The fraction of sp³-hybridized carbons (Fsp3) is 0.348. The molecule has 1 radical (unpaired) electrons. The van der Waals surface area contributed by atoms with Gasteiger partial charge in [0.15, 0.2) is 7.05 Å². The number of nitrogens with zero attached hydrogens (tertiary/aromatic N) is 3. The van der Waals surface area contributed by atoms with Crippen LogP contribution in [-0.2, 0) is 39.8 Å². The Morgan fingerprint density at radius 3 is 2.70 bits per heavy atom. The quantitative estimate of drug-likeness (QED) is 0.326. The molecule has 0 atom stereocenters. The molecule has 0 amide bonds. The standard InChI is InChI=1S/C23H24N3.Y/c1-17-21-11-7-6-10-19(21)12-13-22(17)23-14-20(16-25-26(23)2)24-15-18-8-4-3-5-9-18;/h6-7,10-13,16,18H,3-5,8-9H2,1-2H3;/q-1;. The maximum absolute atomic E-state index is 4.57. The van der Waals surface area contributed by atoms with Crippen LogP contribution in [0.3, 0.4) is 0 Å². The SMILES string of the molecule is Cc1c(-c2[c-]c(N=[C-]C3CCCCC3)cn[n+]2C)ccc2ccccc12.[Y]. The maximum atomic E-state index is 4.57. The van der Waals surface area contributed by atoms with Crippen molar-refractivity contribution in [3.8, 4) is 11.3 Å². The van der Waals surface area contributed by atoms with Crippen molar-refractivity contribution in [3.63, 3.8) is 0 Å². The molecule has 4 heteroatoms. The number of aryl methyl sites for hydroxylation is 2. The zero-order chi connectivity index (χ0) is 17.9. The van der Waals surface area contributed by atoms with E-state index in [-0.39, 0.29) is 32.7 Å². The molecule has 1 aliphatic carbocycles. The van der Waals surface area contributed by atoms with Gasteiger partial charge in [0.1, 0.15) is 5.69 Å². The Balaban J connectivity index is 0.00000210. The first-order chi connectivity index (χ1) is 12.7. The van der Waals surface area contributed by atoms with Gasteiger partial charge < -0.3 is 4.99 Å². The summed E-state index contributed by atoms with van der Waals surface area (Å²) < 4.78 is 1.87. The molecule has 135 valence electrons. The van der Waals surface area contributed by atoms with Gasteiger partial charge in [-0.2, -0.15) is 18.0 Å². The molecule has 1 fully saturated rings. The molecule has 3 aromatic rings. The van der Waals surface area contributed by atoms with Gasteiger partial charge in [-0.05, 0) is 23.3 Å². The number of hydrogen-bond donors (Lipinski definition) is 0. The second kappa shape index (κ2) is 9.16. The zero-order valence-electron chi connectivity index (χ0n) is 16.1. The summed E-state index contributed by atoms with van der Waals surface area (Å²) in [6.07, 6.45) is 11.4. The molecule has 1 heterocycles. The van der Waals surface area contributed by atoms with E-state index in [1.54, 1.807) is 6.20 Å². The summed E-state index contributed by atoms with van der Waals surface area (Å²) in [6, 6.07) is 16.2. The summed E-state index contributed by atoms with van der Waals surface area (Å²) in [4.78, 5) is 4.57. The number of aliphatic imine (C=N–C) groups is 1. The molecule has 0 N–H and O–H groups in total. The molecular weight excluding hydrogens is 407 g/mol. The van der Waals surface area contributed by atoms with Crippen molar-refractivity contribution in [3.05, 3.63) is 54.2 Å². The van der Waals surface area contributed by atoms with E-state index in [0.29, 0.717) is 5.92 Å². The van der Waals surface area contributed by atoms with Gasteiger partial charge >= 0.3 is 0 Å². The summed E-state index contributed by atoms with van der Waals surface area (Å²) in [6.45, 7) is 2.16. The molecule has 0 aliphatic heterocycles. The van der Waals surface area contributed by atoms with E-state index < -0.39 is 0 Å². The average molecular weight is 431 g/mol. The van der Waals surface area contributed by atoms with Crippen LogP contribution >= 0.6 is 0 Å². The van der Waals surface area contributed by atoms with E-state index in [4.69, 9.17) is 0 Å². The Kier molecular flexibility index (Phi) is 6.89. The Morgan fingerprint density at radius 2 is 1.89 bits per heavy atom. The van der Waals surface area contributed by atoms with E-state index >= 15 is 0 Å². The third-order valence-electron chi connectivity index (χ3n) is 5.35. The van der Waals surface area contributed by atoms with Crippen LogP contribution in [0.5, 0.6) is 0 Å². The summed E-state index contributed by atoms with van der Waals surface area (Å²) in [5.74, 6) is 0.483. The molecule has 3 nitrogen and oxygen atoms in total. The van der Waals surface area contributed by atoms with Gasteiger partial charge in [-0.1, -0.05) is 85.2 Å². The zero-order valence-corrected chi connectivity index (χ0v) is 18.9. The molecule has 1 saturated carbocycles. The second-order valence-electron chi connectivity index (χ2n) is 7.16. The van der Waals surface area contributed by atoms with Crippen molar-refractivity contribution in [1.29, 1.82) is 0 Å². The monoisotopic (exact) mass is 431 g/mol. The minimum atomic E-state index is 0. The summed E-state index contributed by atoms with van der Waals surface area (Å²) in [5, 5.41) is 7.01. The first kappa shape index (κ1) is 20.3. The van der Waals surface area contributed by atoms with Crippen LogP contribution in [0.1, 0.15) is 37.7 Å². The minimum Gasteiger partial charge on any atom is -0.480 e. The molecular formula is C23H24N3Y-. The van der Waals surface area contributed by atoms with Gasteiger partial charge in [-0.25, -0.2) is 0 Å². The average Bonchev–Trinajstić information content (AvgIpc) is 2.69. The van der Waals surface area contributed by atoms with Gasteiger partial charge in [0, 0.05) is 32.7 Å². The molecule has 1 aromatic heterocycles. The second-order valence-corrected chi connectivity index (χ2v) is 7.16. The maximum Gasteiger partial charge on any atom is 0.161 e. The molecule has 0 bridgehead atoms. The van der Waals surface area contributed by atoms with Crippen molar-refractivity contribution >= 4 is 22.7 Å². The fourth-order valence-electron chi connectivity index (χ4n) is 3.81. The molecule has 0 spiro atoms. The largest absolute Gasteiger partial charge is 0.480 e. The molecule has 27 heavy (non-hydrogen) atoms. The van der Waals surface area contributed by atoms with E-state index in [1.807, 2.05) is 11.7 Å². The van der Waals surface area contributed by atoms with Crippen molar-refractivity contribution in [2.45, 2.75) is 39.0 Å². The Bertz CT molecular complexity index is 959. The first-order valence-corrected chi connectivity index (χ1v) is 9.46. The minimum absolute atomic E-state index is 0. The van der Waals surface area contributed by atoms with E-state index in [9.17, 15) is 0 Å². The predicted molar refractivity (Wildman–Crippen MR) is 106 cm³/mol. The van der Waals surface area contributed by atoms with Crippen LogP contribution in [0.2, 0.25) is 0 Å². The topological polar surface area (TPSA) is 29.1 Å². The summed E-state index contributed by atoms with van der Waals surface area (Å²) in [7, 11) is 1.96. The number of rotatable bonds is 3. The van der Waals surface area contributed by atoms with E-state index in [2.05, 4.69) is 65.7 Å². The van der Waals surface area contributed by atoms with E-state index in [0.717, 1.165) is 16.9 Å². The molecule has 4 rings (SSSR count). The van der Waals surface area contributed by atoms with Gasteiger partial charge in [0.05, 0.1) is 0 Å². The first-order valence-electron chi connectivity index (χ1n) is 9.46. The fourth-order valence-corrected chi connectivity index (χ4v) is 3.81. The van der Waals surface area contributed by atoms with Gasteiger partial charge in [0.2, 0.25) is 0 Å². The van der Waals surface area contributed by atoms with Gasteiger partial charge in [-0.15, -0.1) is 10.7 Å². The van der Waals surface area contributed by atoms with Crippen LogP contribution < -0.4 is 4.68 Å². The molecule has 1 aliphatic rings. The van der Waals surface area contributed by atoms with Crippen LogP contribution in [0.15, 0.2) is 47.6 Å². The third-order valence-corrected chi connectivity index (χ3v) is 5.35. The Hall–Kier alpha value is -1.45. The summed E-state index contributed by atoms with van der Waals surface area (Å²) in [5.41, 5.74) is 4.11. The number of benzene rings is 2. The van der Waals surface area contributed by atoms with Crippen molar-refractivity contribution in [2.75, 3.05) is 0 Å². The van der Waals surface area contributed by atoms with Crippen LogP contribution in [-0.4, -0.2) is 11.3 Å². The van der Waals surface area contributed by atoms with E-state index in [1.165, 1.54) is 48.4 Å². The summed E-state index contributed by atoms with van der Waals surface area (Å²) >= 11 is 0. The van der Waals surface area contributed by atoms with Crippen molar-refractivity contribution in [2.24, 2.45) is 18.0 Å². The molecule has 2 aromatic carbocycles. The predicted octanol–water partition coefficient (Wildman–Crippen LogP) is 4.99. The number of fused-ring (bicyclic) bond motifs is 1. The van der Waals surface area contributed by atoms with Gasteiger partial charge in [-0.3, -0.25) is 0 Å². The molecule has 0 unspecified atom stereocenters. The normalized spacial score (nSPS) is 15.2. The smallest absolute Gasteiger partial charge is 0.161 e.